The zero-order chi connectivity index (χ0) is 58.0. The van der Waals surface area contributed by atoms with Crippen LogP contribution in [0.25, 0.3) is 83.6 Å². The van der Waals surface area contributed by atoms with Crippen molar-refractivity contribution in [3.63, 3.8) is 0 Å². The van der Waals surface area contributed by atoms with Gasteiger partial charge >= 0.3 is 0 Å². The van der Waals surface area contributed by atoms with Gasteiger partial charge in [0.15, 0.2) is 5.82 Å². The van der Waals surface area contributed by atoms with Crippen LogP contribution in [0.4, 0.5) is 0 Å². The average Bonchev–Trinajstić information content (AvgIpc) is 1.74. The highest BCUT2D eigenvalue weighted by Crippen LogP contribution is 2.78. The first-order chi connectivity index (χ1) is 43.1. The molecule has 87 heavy (non-hydrogen) atoms. The standard InChI is InChI=1S/C82H59N3S2/c1-8-29-60(30-9-1)63-35-26-38-66(53-63)82-83-78(59-81(84-82)85-79-51-24-22-49-76(79)77-50-23-25-52-80(77)85)67-56-74(86(68-39-14-4-15-40-68,69-41-16-5-17-42-69)72-47-27-36-64(54-72)61-31-10-2-11-32-61)58-75(57-67)87(70-43-18-6-19-44-70,71-45-20-7-21-46-71)73-48-28-37-65(55-73)62-33-12-3-13-34-62/h1-59H. The lowest BCUT2D eigenvalue weighted by molar-refractivity contribution is 1.05. The van der Waals surface area contributed by atoms with Crippen LogP contribution in [0.2, 0.25) is 0 Å². The van der Waals surface area contributed by atoms with Crippen LogP contribution in [0.3, 0.4) is 0 Å². The van der Waals surface area contributed by atoms with Crippen LogP contribution in [0, 0.1) is 0 Å². The van der Waals surface area contributed by atoms with Crippen LogP contribution >= 0.6 is 20.1 Å². The molecular formula is C82H59N3S2. The zero-order valence-electron chi connectivity index (χ0n) is 47.7. The van der Waals surface area contributed by atoms with Gasteiger partial charge in [-0.3, -0.25) is 4.57 Å². The molecule has 0 fully saturated rings. The number of rotatable bonds is 14. The molecule has 2 aromatic heterocycles. The van der Waals surface area contributed by atoms with E-state index in [4.69, 9.17) is 9.97 Å². The van der Waals surface area contributed by atoms with Gasteiger partial charge in [0.05, 0.1) is 16.7 Å². The van der Waals surface area contributed by atoms with Crippen LogP contribution in [-0.4, -0.2) is 14.5 Å². The Hall–Kier alpha value is -10.6. The summed E-state index contributed by atoms with van der Waals surface area (Å²) in [6, 6.07) is 132. The maximum Gasteiger partial charge on any atom is 0.162 e. The number of nitrogens with zero attached hydrogens (tertiary/aromatic N) is 3. The molecule has 15 rings (SSSR count). The lowest BCUT2D eigenvalue weighted by Crippen LogP contribution is -2.10. The quantitative estimate of drug-likeness (QED) is 0.109. The highest BCUT2D eigenvalue weighted by atomic mass is 32.3. The van der Waals surface area contributed by atoms with E-state index in [1.54, 1.807) is 0 Å². The van der Waals surface area contributed by atoms with E-state index in [9.17, 15) is 0 Å². The van der Waals surface area contributed by atoms with E-state index in [0.29, 0.717) is 5.82 Å². The zero-order valence-corrected chi connectivity index (χ0v) is 49.4. The van der Waals surface area contributed by atoms with Gasteiger partial charge in [-0.25, -0.2) is 9.97 Å². The van der Waals surface area contributed by atoms with E-state index in [0.717, 1.165) is 55.9 Å². The smallest absolute Gasteiger partial charge is 0.162 e. The van der Waals surface area contributed by atoms with Crippen molar-refractivity contribution in [1.29, 1.82) is 0 Å². The Morgan fingerprint density at radius 2 is 0.517 bits per heavy atom. The molecule has 13 aromatic carbocycles. The third-order valence-electron chi connectivity index (χ3n) is 16.6. The fourth-order valence-corrected chi connectivity index (χ4v) is 20.7. The normalized spacial score (nSPS) is 12.0. The molecular weight excluding hydrogens is 1090 g/mol. The molecule has 2 heterocycles. The fourth-order valence-electron chi connectivity index (χ4n) is 12.7. The molecule has 0 spiro atoms. The van der Waals surface area contributed by atoms with E-state index in [2.05, 4.69) is 362 Å². The SMILES string of the molecule is c1ccc(-c2cccc(-c3nc(-c4cc(S(c5ccccc5)(c5ccccc5)c5cccc(-c6ccccc6)c5)cc(S(c5ccccc5)(c5ccccc5)c5cccc(-c6ccccc6)c5)c4)cc(-n4c5ccccc5c5ccccc54)n3)c2)cc1. The summed E-state index contributed by atoms with van der Waals surface area (Å²) in [6.45, 7) is 0. The minimum Gasteiger partial charge on any atom is -0.294 e. The molecule has 0 bridgehead atoms. The number of hydrogen-bond acceptors (Lipinski definition) is 2. The molecule has 0 radical (unpaired) electrons. The van der Waals surface area contributed by atoms with Gasteiger partial charge in [0.1, 0.15) is 5.82 Å². The summed E-state index contributed by atoms with van der Waals surface area (Å²) in [6.07, 6.45) is 0. The van der Waals surface area contributed by atoms with E-state index in [1.165, 1.54) is 61.1 Å². The van der Waals surface area contributed by atoms with E-state index < -0.39 is 20.1 Å². The number of benzene rings is 13. The Balaban J connectivity index is 1.11. The van der Waals surface area contributed by atoms with Gasteiger partial charge < -0.3 is 0 Å². The highest BCUT2D eigenvalue weighted by Gasteiger charge is 2.39. The van der Waals surface area contributed by atoms with Crippen LogP contribution in [0.15, 0.2) is 397 Å². The Morgan fingerprint density at radius 1 is 0.207 bits per heavy atom. The second-order valence-electron chi connectivity index (χ2n) is 21.7. The minimum absolute atomic E-state index is 0.634. The van der Waals surface area contributed by atoms with Gasteiger partial charge in [-0.2, -0.15) is 0 Å². The van der Waals surface area contributed by atoms with Crippen LogP contribution in [-0.2, 0) is 0 Å². The number of fused-ring (bicyclic) bond motifs is 3. The molecule has 0 unspecified atom stereocenters. The van der Waals surface area contributed by atoms with Crippen molar-refractivity contribution in [2.45, 2.75) is 39.2 Å². The Labute approximate surface area is 511 Å². The van der Waals surface area contributed by atoms with Crippen molar-refractivity contribution in [2.24, 2.45) is 0 Å². The Morgan fingerprint density at radius 3 is 0.931 bits per heavy atom. The summed E-state index contributed by atoms with van der Waals surface area (Å²) >= 11 is 0. The number of para-hydroxylation sites is 2. The highest BCUT2D eigenvalue weighted by molar-refractivity contribution is 8.34. The first kappa shape index (κ1) is 53.2. The third kappa shape index (κ3) is 9.64. The van der Waals surface area contributed by atoms with Gasteiger partial charge in [0.2, 0.25) is 0 Å². The molecule has 3 nitrogen and oxygen atoms in total. The summed E-state index contributed by atoms with van der Waals surface area (Å²) in [5.74, 6) is 1.42. The second-order valence-corrected chi connectivity index (χ2v) is 27.9. The molecule has 5 heteroatoms. The van der Waals surface area contributed by atoms with Gasteiger partial charge in [-0.1, -0.05) is 243 Å². The molecule has 0 saturated heterocycles. The maximum absolute atomic E-state index is 5.86. The Kier molecular flexibility index (Phi) is 14.1. The summed E-state index contributed by atoms with van der Waals surface area (Å²) in [7, 11) is -4.80. The van der Waals surface area contributed by atoms with Gasteiger partial charge in [-0.15, -0.1) is 20.1 Å². The predicted octanol–water partition coefficient (Wildman–Crippen LogP) is 22.6. The van der Waals surface area contributed by atoms with Crippen LogP contribution < -0.4 is 0 Å². The van der Waals surface area contributed by atoms with Crippen molar-refractivity contribution < 1.29 is 0 Å². The molecule has 0 aliphatic heterocycles. The van der Waals surface area contributed by atoms with E-state index in [1.807, 2.05) is 0 Å². The van der Waals surface area contributed by atoms with Crippen LogP contribution in [0.1, 0.15) is 0 Å². The summed E-state index contributed by atoms with van der Waals surface area (Å²) in [5, 5.41) is 2.33. The minimum atomic E-state index is -2.40. The fraction of sp³-hybridized carbons (Fsp3) is 0. The third-order valence-corrected chi connectivity index (χ3v) is 24.3. The van der Waals surface area contributed by atoms with Crippen molar-refractivity contribution >= 4 is 41.9 Å². The summed E-state index contributed by atoms with van der Waals surface area (Å²) in [5.41, 5.74) is 11.8. The maximum atomic E-state index is 5.86. The molecule has 0 N–H and O–H groups in total. The molecule has 0 aliphatic rings. The molecule has 15 aromatic rings. The van der Waals surface area contributed by atoms with Crippen molar-refractivity contribution in [3.8, 4) is 61.8 Å². The first-order valence-corrected chi connectivity index (χ1v) is 32.8. The molecule has 414 valence electrons. The van der Waals surface area contributed by atoms with Crippen molar-refractivity contribution in [1.82, 2.24) is 14.5 Å². The molecule has 0 aliphatic carbocycles. The lowest BCUT2D eigenvalue weighted by Gasteiger charge is -2.45. The van der Waals surface area contributed by atoms with Gasteiger partial charge in [0.25, 0.3) is 0 Å². The topological polar surface area (TPSA) is 30.7 Å². The molecule has 0 atom stereocenters. The monoisotopic (exact) mass is 1150 g/mol. The first-order valence-electron chi connectivity index (χ1n) is 29.5. The number of hydrogen-bond donors (Lipinski definition) is 0. The van der Waals surface area contributed by atoms with E-state index in [-0.39, 0.29) is 0 Å². The molecule has 0 saturated carbocycles. The van der Waals surface area contributed by atoms with E-state index >= 15 is 0 Å². The lowest BCUT2D eigenvalue weighted by atomic mass is 10.0. The van der Waals surface area contributed by atoms with Crippen LogP contribution in [0.5, 0.6) is 0 Å². The van der Waals surface area contributed by atoms with Gasteiger partial charge in [0, 0.05) is 67.1 Å². The second kappa shape index (κ2) is 23.1. The summed E-state index contributed by atoms with van der Waals surface area (Å²) < 4.78 is 2.34. The summed E-state index contributed by atoms with van der Waals surface area (Å²) in [4.78, 5) is 21.3. The largest absolute Gasteiger partial charge is 0.294 e. The Bertz CT molecular complexity index is 4580. The van der Waals surface area contributed by atoms with Crippen molar-refractivity contribution in [2.75, 3.05) is 0 Å². The molecule has 0 amide bonds. The number of aromatic nitrogens is 3. The van der Waals surface area contributed by atoms with Crippen molar-refractivity contribution in [3.05, 3.63) is 358 Å². The predicted molar refractivity (Wildman–Crippen MR) is 364 cm³/mol. The average molecular weight is 1150 g/mol. The van der Waals surface area contributed by atoms with Gasteiger partial charge in [-0.05, 0) is 143 Å².